The quantitative estimate of drug-likeness (QED) is 0.623. The number of hydrogen-bond donors (Lipinski definition) is 0. The zero-order valence-corrected chi connectivity index (χ0v) is 11.0. The Morgan fingerprint density at radius 1 is 1.53 bits per heavy atom. The largest absolute Gasteiger partial charge is 0.376 e. The molecule has 1 aromatic rings. The van der Waals surface area contributed by atoms with Gasteiger partial charge in [0.05, 0.1) is 17.6 Å². The molecule has 19 heavy (non-hydrogen) atoms. The molecule has 6 heteroatoms. The molecule has 1 aliphatic heterocycles. The van der Waals surface area contributed by atoms with Crippen LogP contribution in [0.15, 0.2) is 18.2 Å². The van der Waals surface area contributed by atoms with Gasteiger partial charge in [-0.1, -0.05) is 6.07 Å². The van der Waals surface area contributed by atoms with Gasteiger partial charge in [-0.2, -0.15) is 4.39 Å². The fourth-order valence-corrected chi connectivity index (χ4v) is 2.22. The van der Waals surface area contributed by atoms with Crippen molar-refractivity contribution in [3.63, 3.8) is 0 Å². The highest BCUT2D eigenvalue weighted by Gasteiger charge is 2.24. The molecule has 1 aromatic carbocycles. The molecule has 0 amide bonds. The van der Waals surface area contributed by atoms with Gasteiger partial charge in [0.25, 0.3) is 0 Å². The molecular weight excluding hydrogens is 251 g/mol. The lowest BCUT2D eigenvalue weighted by Gasteiger charge is -2.36. The third-order valence-electron chi connectivity index (χ3n) is 3.33. The second-order valence-electron chi connectivity index (χ2n) is 4.97. The second kappa shape index (κ2) is 5.63. The lowest BCUT2D eigenvalue weighted by Crippen LogP contribution is -2.46. The van der Waals surface area contributed by atoms with Gasteiger partial charge in [-0.3, -0.25) is 15.0 Å². The molecule has 2 unspecified atom stereocenters. The minimum absolute atomic E-state index is 0.152. The van der Waals surface area contributed by atoms with E-state index in [4.69, 9.17) is 4.74 Å². The molecule has 0 bridgehead atoms. The van der Waals surface area contributed by atoms with Crippen LogP contribution in [0.2, 0.25) is 0 Å². The van der Waals surface area contributed by atoms with Gasteiger partial charge in [-0.25, -0.2) is 0 Å². The van der Waals surface area contributed by atoms with E-state index in [0.717, 1.165) is 12.1 Å². The van der Waals surface area contributed by atoms with Crippen LogP contribution in [0.3, 0.4) is 0 Å². The molecule has 0 N–H and O–H groups in total. The molecule has 5 nitrogen and oxygen atoms in total. The van der Waals surface area contributed by atoms with E-state index in [9.17, 15) is 14.5 Å². The Kier molecular flexibility index (Phi) is 4.11. The van der Waals surface area contributed by atoms with Crippen LogP contribution in [0.4, 0.5) is 10.1 Å². The van der Waals surface area contributed by atoms with Crippen molar-refractivity contribution >= 4 is 5.69 Å². The number of rotatable bonds is 3. The highest BCUT2D eigenvalue weighted by Crippen LogP contribution is 2.21. The normalized spacial score (nSPS) is 24.4. The summed E-state index contributed by atoms with van der Waals surface area (Å²) in [5, 5.41) is 10.6. The second-order valence-corrected chi connectivity index (χ2v) is 4.97. The van der Waals surface area contributed by atoms with Gasteiger partial charge in [-0.05, 0) is 25.5 Å². The molecule has 1 aliphatic rings. The lowest BCUT2D eigenvalue weighted by molar-refractivity contribution is -0.387. The average Bonchev–Trinajstić information content (AvgIpc) is 2.33. The van der Waals surface area contributed by atoms with Crippen LogP contribution in [0.25, 0.3) is 0 Å². The zero-order valence-electron chi connectivity index (χ0n) is 11.0. The molecule has 0 aliphatic carbocycles. The predicted octanol–water partition coefficient (Wildman–Crippen LogP) is 2.34. The van der Waals surface area contributed by atoms with Crippen molar-refractivity contribution < 1.29 is 14.1 Å². The van der Waals surface area contributed by atoms with Crippen molar-refractivity contribution in [1.82, 2.24) is 4.90 Å². The lowest BCUT2D eigenvalue weighted by atomic mass is 10.1. The Bertz CT molecular complexity index is 481. The van der Waals surface area contributed by atoms with Crippen molar-refractivity contribution in [1.29, 1.82) is 0 Å². The summed E-state index contributed by atoms with van der Waals surface area (Å²) in [6.07, 6.45) is 0.152. The van der Waals surface area contributed by atoms with E-state index in [-0.39, 0.29) is 12.1 Å². The van der Waals surface area contributed by atoms with Crippen LogP contribution >= 0.6 is 0 Å². The first-order valence-corrected chi connectivity index (χ1v) is 6.26. The van der Waals surface area contributed by atoms with Gasteiger partial charge >= 0.3 is 5.69 Å². The number of nitrogens with zero attached hydrogens (tertiary/aromatic N) is 2. The van der Waals surface area contributed by atoms with Crippen LogP contribution in [-0.2, 0) is 11.3 Å². The molecule has 0 saturated carbocycles. The van der Waals surface area contributed by atoms with E-state index in [1.54, 1.807) is 6.07 Å². The van der Waals surface area contributed by atoms with E-state index in [0.29, 0.717) is 13.2 Å². The number of morpholine rings is 1. The monoisotopic (exact) mass is 268 g/mol. The summed E-state index contributed by atoms with van der Waals surface area (Å²) in [5.41, 5.74) is 0.260. The van der Waals surface area contributed by atoms with Gasteiger partial charge < -0.3 is 4.74 Å². The van der Waals surface area contributed by atoms with E-state index < -0.39 is 16.4 Å². The molecule has 1 fully saturated rings. The molecular formula is C13H17FN2O3. The first kappa shape index (κ1) is 13.9. The van der Waals surface area contributed by atoms with E-state index >= 15 is 0 Å². The maximum absolute atomic E-state index is 13.5. The highest BCUT2D eigenvalue weighted by atomic mass is 19.1. The molecule has 0 aromatic heterocycles. The Morgan fingerprint density at radius 3 is 2.89 bits per heavy atom. The van der Waals surface area contributed by atoms with Crippen LogP contribution in [-0.4, -0.2) is 35.1 Å². The maximum atomic E-state index is 13.5. The van der Waals surface area contributed by atoms with Crippen molar-refractivity contribution in [2.45, 2.75) is 32.5 Å². The minimum Gasteiger partial charge on any atom is -0.376 e. The van der Waals surface area contributed by atoms with E-state index in [2.05, 4.69) is 4.90 Å². The summed E-state index contributed by atoms with van der Waals surface area (Å²) in [4.78, 5) is 12.0. The Morgan fingerprint density at radius 2 is 2.26 bits per heavy atom. The van der Waals surface area contributed by atoms with E-state index in [1.807, 2.05) is 13.8 Å². The standard InChI is InChI=1S/C13H17FN2O3/c1-9-8-19-10(2)6-15(9)7-11-3-4-13(16(17)18)12(14)5-11/h3-5,9-10H,6-8H2,1-2H3. The van der Waals surface area contributed by atoms with Crippen molar-refractivity contribution in [2.24, 2.45) is 0 Å². The van der Waals surface area contributed by atoms with Gasteiger partial charge in [0.1, 0.15) is 0 Å². The number of nitro groups is 1. The summed E-state index contributed by atoms with van der Waals surface area (Å²) < 4.78 is 19.1. The Labute approximate surface area is 111 Å². The first-order chi connectivity index (χ1) is 8.97. The molecule has 104 valence electrons. The Hall–Kier alpha value is -1.53. The molecule has 2 rings (SSSR count). The molecule has 0 spiro atoms. The van der Waals surface area contributed by atoms with Gasteiger partial charge in [0.15, 0.2) is 0 Å². The van der Waals surface area contributed by atoms with Crippen molar-refractivity contribution in [3.05, 3.63) is 39.7 Å². The summed E-state index contributed by atoms with van der Waals surface area (Å²) >= 11 is 0. The van der Waals surface area contributed by atoms with Crippen molar-refractivity contribution in [2.75, 3.05) is 13.2 Å². The van der Waals surface area contributed by atoms with Crippen LogP contribution in [0.1, 0.15) is 19.4 Å². The van der Waals surface area contributed by atoms with Gasteiger partial charge in [-0.15, -0.1) is 0 Å². The topological polar surface area (TPSA) is 55.6 Å². The third kappa shape index (κ3) is 3.27. The van der Waals surface area contributed by atoms with Crippen LogP contribution in [0, 0.1) is 15.9 Å². The number of hydrogen-bond acceptors (Lipinski definition) is 4. The average molecular weight is 268 g/mol. The van der Waals surface area contributed by atoms with Crippen LogP contribution in [0.5, 0.6) is 0 Å². The molecule has 1 heterocycles. The first-order valence-electron chi connectivity index (χ1n) is 6.26. The highest BCUT2D eigenvalue weighted by molar-refractivity contribution is 5.35. The summed E-state index contributed by atoms with van der Waals surface area (Å²) in [6.45, 7) is 6.04. The zero-order chi connectivity index (χ0) is 14.0. The van der Waals surface area contributed by atoms with Gasteiger partial charge in [0.2, 0.25) is 5.82 Å². The Balaban J connectivity index is 2.10. The number of ether oxygens (including phenoxy) is 1. The summed E-state index contributed by atoms with van der Waals surface area (Å²) in [5.74, 6) is -0.781. The summed E-state index contributed by atoms with van der Waals surface area (Å²) in [6, 6.07) is 4.33. The SMILES string of the molecule is CC1CN(Cc2ccc([N+](=O)[O-])c(F)c2)C(C)CO1. The number of halogens is 1. The van der Waals surface area contributed by atoms with Crippen LogP contribution < -0.4 is 0 Å². The smallest absolute Gasteiger partial charge is 0.304 e. The molecule has 2 atom stereocenters. The fraction of sp³-hybridized carbons (Fsp3) is 0.538. The van der Waals surface area contributed by atoms with Crippen molar-refractivity contribution in [3.8, 4) is 0 Å². The maximum Gasteiger partial charge on any atom is 0.304 e. The van der Waals surface area contributed by atoms with E-state index in [1.165, 1.54) is 12.1 Å². The minimum atomic E-state index is -0.781. The number of benzene rings is 1. The molecule has 0 radical (unpaired) electrons. The fourth-order valence-electron chi connectivity index (χ4n) is 2.22. The molecule has 1 saturated heterocycles. The predicted molar refractivity (Wildman–Crippen MR) is 68.3 cm³/mol. The summed E-state index contributed by atoms with van der Waals surface area (Å²) in [7, 11) is 0. The number of nitro benzene ring substituents is 1. The third-order valence-corrected chi connectivity index (χ3v) is 3.33. The van der Waals surface area contributed by atoms with Gasteiger partial charge in [0, 0.05) is 25.2 Å².